The molecule has 1 aromatic carbocycles. The molecule has 0 bridgehead atoms. The first-order valence-electron chi connectivity index (χ1n) is 8.27. The molecule has 0 radical (unpaired) electrons. The Kier molecular flexibility index (Phi) is 3.42. The summed E-state index contributed by atoms with van der Waals surface area (Å²) >= 11 is 0. The first-order chi connectivity index (χ1) is 12.0. The van der Waals surface area contributed by atoms with Gasteiger partial charge in [0.2, 0.25) is 0 Å². The third-order valence-electron chi connectivity index (χ3n) is 4.78. The number of carbonyl (C=O) groups excluding carboxylic acids is 1. The first-order valence-corrected chi connectivity index (χ1v) is 8.27. The highest BCUT2D eigenvalue weighted by Gasteiger charge is 2.33. The Labute approximate surface area is 144 Å². The highest BCUT2D eigenvalue weighted by molar-refractivity contribution is 6.03. The van der Waals surface area contributed by atoms with Gasteiger partial charge in [-0.1, -0.05) is 19.1 Å². The van der Waals surface area contributed by atoms with Crippen molar-refractivity contribution in [3.8, 4) is 16.9 Å². The molecule has 4 rings (SSSR count). The molecule has 6 nitrogen and oxygen atoms in total. The minimum absolute atomic E-state index is 0.0422. The lowest BCUT2D eigenvalue weighted by Gasteiger charge is -2.33. The maximum absolute atomic E-state index is 12.4. The van der Waals surface area contributed by atoms with Crippen molar-refractivity contribution >= 4 is 22.5 Å². The number of rotatable bonds is 2. The van der Waals surface area contributed by atoms with Crippen LogP contribution in [0.2, 0.25) is 0 Å². The van der Waals surface area contributed by atoms with E-state index in [0.29, 0.717) is 17.7 Å². The molecule has 1 unspecified atom stereocenters. The zero-order valence-corrected chi connectivity index (χ0v) is 14.4. The molecule has 128 valence electrons. The molecular formula is C19H19N3O3. The maximum atomic E-state index is 12.4. The number of aromatic nitrogens is 2. The molecule has 1 amide bonds. The smallest absolute Gasteiger partial charge is 0.274 e. The average molecular weight is 337 g/mol. The Morgan fingerprint density at radius 1 is 1.16 bits per heavy atom. The van der Waals surface area contributed by atoms with Gasteiger partial charge >= 0.3 is 0 Å². The number of nitrogens with one attached hydrogen (secondary N) is 1. The van der Waals surface area contributed by atoms with Crippen molar-refractivity contribution in [2.24, 2.45) is 7.05 Å². The van der Waals surface area contributed by atoms with Crippen LogP contribution in [0, 0.1) is 0 Å². The molecule has 1 aliphatic rings. The van der Waals surface area contributed by atoms with Crippen molar-refractivity contribution in [1.29, 1.82) is 0 Å². The molecule has 3 aromatic rings. The zero-order valence-electron chi connectivity index (χ0n) is 14.4. The van der Waals surface area contributed by atoms with Gasteiger partial charge in [-0.2, -0.15) is 0 Å². The number of pyridine rings is 1. The Morgan fingerprint density at radius 3 is 2.72 bits per heavy atom. The van der Waals surface area contributed by atoms with Gasteiger partial charge in [0.05, 0.1) is 5.69 Å². The summed E-state index contributed by atoms with van der Waals surface area (Å²) < 4.78 is 7.61. The van der Waals surface area contributed by atoms with Gasteiger partial charge in [-0.15, -0.1) is 0 Å². The second kappa shape index (κ2) is 5.51. The standard InChI is InChI=1S/C19H19N3O3/c1-4-15-18(23)22(3)14-7-5-6-12(17(14)25-15)13-10-21(2)19(24)16-11(13)8-9-20-16/h5-10,15,20H,4H2,1-3H3. The molecule has 0 fully saturated rings. The van der Waals surface area contributed by atoms with Crippen LogP contribution >= 0.6 is 0 Å². The molecule has 0 aliphatic carbocycles. The number of benzene rings is 1. The number of para-hydroxylation sites is 1. The number of aromatic amines is 1. The minimum Gasteiger partial charge on any atom is -0.478 e. The van der Waals surface area contributed by atoms with Crippen LogP contribution < -0.4 is 15.2 Å². The van der Waals surface area contributed by atoms with Crippen LogP contribution in [0.5, 0.6) is 5.75 Å². The number of hydrogen-bond acceptors (Lipinski definition) is 3. The molecule has 6 heteroatoms. The van der Waals surface area contributed by atoms with Gasteiger partial charge in [-0.05, 0) is 18.6 Å². The third-order valence-corrected chi connectivity index (χ3v) is 4.78. The molecule has 25 heavy (non-hydrogen) atoms. The van der Waals surface area contributed by atoms with Crippen molar-refractivity contribution in [2.75, 3.05) is 11.9 Å². The molecular weight excluding hydrogens is 318 g/mol. The lowest BCUT2D eigenvalue weighted by Crippen LogP contribution is -2.43. The Bertz CT molecular complexity index is 1050. The van der Waals surface area contributed by atoms with Crippen molar-refractivity contribution in [2.45, 2.75) is 19.4 Å². The fraction of sp³-hybridized carbons (Fsp3) is 0.263. The molecule has 1 N–H and O–H groups in total. The molecule has 0 saturated carbocycles. The highest BCUT2D eigenvalue weighted by Crippen LogP contribution is 2.43. The van der Waals surface area contributed by atoms with Gasteiger partial charge in [0.1, 0.15) is 5.52 Å². The van der Waals surface area contributed by atoms with Gasteiger partial charge < -0.3 is 19.2 Å². The highest BCUT2D eigenvalue weighted by atomic mass is 16.5. The van der Waals surface area contributed by atoms with E-state index < -0.39 is 6.10 Å². The van der Waals surface area contributed by atoms with Gasteiger partial charge in [-0.3, -0.25) is 9.59 Å². The number of likely N-dealkylation sites (N-methyl/N-ethyl adjacent to an activating group) is 1. The lowest BCUT2D eigenvalue weighted by molar-refractivity contribution is -0.126. The topological polar surface area (TPSA) is 67.3 Å². The monoisotopic (exact) mass is 337 g/mol. The van der Waals surface area contributed by atoms with E-state index in [0.717, 1.165) is 22.2 Å². The van der Waals surface area contributed by atoms with Crippen LogP contribution in [0.4, 0.5) is 5.69 Å². The normalized spacial score (nSPS) is 16.8. The minimum atomic E-state index is -0.493. The fourth-order valence-corrected chi connectivity index (χ4v) is 3.39. The second-order valence-electron chi connectivity index (χ2n) is 6.29. The summed E-state index contributed by atoms with van der Waals surface area (Å²) in [4.78, 5) is 29.4. The zero-order chi connectivity index (χ0) is 17.7. The summed E-state index contributed by atoms with van der Waals surface area (Å²) in [5.41, 5.74) is 2.99. The molecule has 0 spiro atoms. The van der Waals surface area contributed by atoms with Crippen molar-refractivity contribution < 1.29 is 9.53 Å². The van der Waals surface area contributed by atoms with Crippen LogP contribution in [-0.2, 0) is 11.8 Å². The number of hydrogen-bond donors (Lipinski definition) is 1. The van der Waals surface area contributed by atoms with Crippen molar-refractivity contribution in [3.05, 3.63) is 47.0 Å². The van der Waals surface area contributed by atoms with Crippen LogP contribution in [0.3, 0.4) is 0 Å². The number of amides is 1. The number of nitrogens with zero attached hydrogens (tertiary/aromatic N) is 2. The number of aryl methyl sites for hydroxylation is 1. The van der Waals surface area contributed by atoms with Crippen LogP contribution in [0.15, 0.2) is 41.5 Å². The molecule has 2 aromatic heterocycles. The van der Waals surface area contributed by atoms with E-state index >= 15 is 0 Å². The van der Waals surface area contributed by atoms with Gasteiger partial charge in [0.15, 0.2) is 11.9 Å². The molecule has 0 saturated heterocycles. The van der Waals surface area contributed by atoms with E-state index in [1.54, 1.807) is 29.8 Å². The van der Waals surface area contributed by atoms with Crippen LogP contribution in [0.25, 0.3) is 22.0 Å². The molecule has 1 atom stereocenters. The largest absolute Gasteiger partial charge is 0.478 e. The predicted molar refractivity (Wildman–Crippen MR) is 97.1 cm³/mol. The fourth-order valence-electron chi connectivity index (χ4n) is 3.39. The Morgan fingerprint density at radius 2 is 1.96 bits per heavy atom. The predicted octanol–water partition coefficient (Wildman–Crippen LogP) is 2.67. The second-order valence-corrected chi connectivity index (χ2v) is 6.29. The van der Waals surface area contributed by atoms with Crippen LogP contribution in [0.1, 0.15) is 13.3 Å². The van der Waals surface area contributed by atoms with E-state index in [-0.39, 0.29) is 11.5 Å². The van der Waals surface area contributed by atoms with Gasteiger partial charge in [0, 0.05) is 43.0 Å². The summed E-state index contributed by atoms with van der Waals surface area (Å²) in [7, 11) is 3.50. The molecule has 3 heterocycles. The number of anilines is 1. The van der Waals surface area contributed by atoms with Gasteiger partial charge in [-0.25, -0.2) is 0 Å². The van der Waals surface area contributed by atoms with Gasteiger partial charge in [0.25, 0.3) is 11.5 Å². The number of ether oxygens (including phenoxy) is 1. The summed E-state index contributed by atoms with van der Waals surface area (Å²) in [6, 6.07) is 7.62. The number of carbonyl (C=O) groups is 1. The molecule has 1 aliphatic heterocycles. The number of fused-ring (bicyclic) bond motifs is 2. The van der Waals surface area contributed by atoms with E-state index in [1.807, 2.05) is 37.4 Å². The van der Waals surface area contributed by atoms with Crippen molar-refractivity contribution in [1.82, 2.24) is 9.55 Å². The first kappa shape index (κ1) is 15.5. The van der Waals surface area contributed by atoms with Crippen LogP contribution in [-0.4, -0.2) is 28.6 Å². The maximum Gasteiger partial charge on any atom is 0.274 e. The van der Waals surface area contributed by atoms with E-state index in [9.17, 15) is 9.59 Å². The Hall–Kier alpha value is -3.02. The SMILES string of the molecule is CCC1Oc2c(-c3cn(C)c(=O)c4[nH]ccc34)cccc2N(C)C1=O. The summed E-state index contributed by atoms with van der Waals surface area (Å²) in [6.45, 7) is 1.93. The quantitative estimate of drug-likeness (QED) is 0.782. The van der Waals surface area contributed by atoms with E-state index in [4.69, 9.17) is 4.74 Å². The summed E-state index contributed by atoms with van der Waals surface area (Å²) in [6.07, 6.45) is 3.68. The summed E-state index contributed by atoms with van der Waals surface area (Å²) in [5.74, 6) is 0.636. The summed E-state index contributed by atoms with van der Waals surface area (Å²) in [5, 5.41) is 0.840. The third kappa shape index (κ3) is 2.17. The number of H-pyrrole nitrogens is 1. The Balaban J connectivity index is 2.01. The van der Waals surface area contributed by atoms with E-state index in [1.165, 1.54) is 0 Å². The average Bonchev–Trinajstić information content (AvgIpc) is 3.11. The van der Waals surface area contributed by atoms with Crippen molar-refractivity contribution in [3.63, 3.8) is 0 Å². The lowest BCUT2D eigenvalue weighted by atomic mass is 10.00. The van der Waals surface area contributed by atoms with E-state index in [2.05, 4.69) is 4.98 Å².